The van der Waals surface area contributed by atoms with E-state index in [1.807, 2.05) is 6.07 Å². The highest BCUT2D eigenvalue weighted by Crippen LogP contribution is 2.36. The number of rotatable bonds is 2. The Labute approximate surface area is 127 Å². The van der Waals surface area contributed by atoms with Crippen molar-refractivity contribution >= 4 is 44.8 Å². The van der Waals surface area contributed by atoms with Crippen LogP contribution in [0.3, 0.4) is 0 Å². The Bertz CT molecular complexity index is 685. The van der Waals surface area contributed by atoms with Gasteiger partial charge >= 0.3 is 0 Å². The van der Waals surface area contributed by atoms with E-state index in [1.165, 1.54) is 6.07 Å². The van der Waals surface area contributed by atoms with Gasteiger partial charge in [-0.25, -0.2) is 4.98 Å². The van der Waals surface area contributed by atoms with E-state index in [0.717, 1.165) is 0 Å². The lowest BCUT2D eigenvalue weighted by molar-refractivity contribution is 0.463. The van der Waals surface area contributed by atoms with Crippen molar-refractivity contribution < 1.29 is 4.74 Å². The summed E-state index contributed by atoms with van der Waals surface area (Å²) in [6, 6.07) is 8.12. The van der Waals surface area contributed by atoms with Gasteiger partial charge in [-0.05, 0) is 28.1 Å². The van der Waals surface area contributed by atoms with Crippen LogP contribution in [0.1, 0.15) is 5.69 Å². The van der Waals surface area contributed by atoms with E-state index >= 15 is 0 Å². The summed E-state index contributed by atoms with van der Waals surface area (Å²) in [6.07, 6.45) is 0. The molecule has 19 heavy (non-hydrogen) atoms. The van der Waals surface area contributed by atoms with Crippen molar-refractivity contribution in [3.63, 3.8) is 0 Å². The maximum atomic E-state index is 8.84. The minimum Gasteiger partial charge on any atom is -0.437 e. The lowest BCUT2D eigenvalue weighted by Crippen LogP contribution is -1.96. The molecular formula is C12H6BrCl2N3O. The number of benzene rings is 1. The van der Waals surface area contributed by atoms with Gasteiger partial charge in [-0.3, -0.25) is 0 Å². The number of nitrogens with two attached hydrogens (primary N) is 1. The first-order chi connectivity index (χ1) is 9.01. The number of halogens is 3. The van der Waals surface area contributed by atoms with Gasteiger partial charge in [-0.15, -0.1) is 0 Å². The van der Waals surface area contributed by atoms with E-state index in [-0.39, 0.29) is 17.3 Å². The quantitative estimate of drug-likeness (QED) is 0.807. The summed E-state index contributed by atoms with van der Waals surface area (Å²) in [4.78, 5) is 3.96. The Balaban J connectivity index is 2.37. The number of ether oxygens (including phenoxy) is 1. The number of nitriles is 1. The van der Waals surface area contributed by atoms with E-state index in [2.05, 4.69) is 20.9 Å². The first-order valence-electron chi connectivity index (χ1n) is 5.00. The molecule has 4 nitrogen and oxygen atoms in total. The van der Waals surface area contributed by atoms with Crippen LogP contribution in [0.15, 0.2) is 28.7 Å². The molecule has 0 fully saturated rings. The molecular weight excluding hydrogens is 353 g/mol. The molecule has 0 unspecified atom stereocenters. The van der Waals surface area contributed by atoms with Crippen LogP contribution in [-0.2, 0) is 0 Å². The molecule has 0 spiro atoms. The monoisotopic (exact) mass is 357 g/mol. The molecule has 0 atom stereocenters. The second kappa shape index (κ2) is 5.66. The topological polar surface area (TPSA) is 71.9 Å². The third-order valence-corrected chi connectivity index (χ3v) is 3.69. The van der Waals surface area contributed by atoms with Crippen LogP contribution in [-0.4, -0.2) is 4.98 Å². The molecule has 0 radical (unpaired) electrons. The maximum Gasteiger partial charge on any atom is 0.220 e. The Hall–Kier alpha value is -1.48. The summed E-state index contributed by atoms with van der Waals surface area (Å²) >= 11 is 15.2. The fourth-order valence-corrected chi connectivity index (χ4v) is 2.12. The molecule has 1 aromatic carbocycles. The standard InChI is InChI=1S/C12H6BrCl2N3O/c13-6-3-8(15)11(4-7(6)14)19-12-2-1-9(17)10(5-16)18-12/h1-4H,17H2. The van der Waals surface area contributed by atoms with Crippen molar-refractivity contribution in [1.29, 1.82) is 5.26 Å². The molecule has 2 aromatic rings. The summed E-state index contributed by atoms with van der Waals surface area (Å²) in [6.45, 7) is 0. The predicted octanol–water partition coefficient (Wildman–Crippen LogP) is 4.40. The zero-order valence-electron chi connectivity index (χ0n) is 9.32. The molecule has 1 heterocycles. The molecule has 0 saturated heterocycles. The van der Waals surface area contributed by atoms with Crippen LogP contribution in [0.2, 0.25) is 10.0 Å². The van der Waals surface area contributed by atoms with Crippen molar-refractivity contribution in [3.05, 3.63) is 44.5 Å². The molecule has 0 saturated carbocycles. The number of hydrogen-bond donors (Lipinski definition) is 1. The molecule has 0 amide bonds. The second-order valence-corrected chi connectivity index (χ2v) is 5.17. The van der Waals surface area contributed by atoms with E-state index in [0.29, 0.717) is 20.3 Å². The van der Waals surface area contributed by atoms with Gasteiger partial charge in [0.05, 0.1) is 15.7 Å². The molecule has 2 N–H and O–H groups in total. The normalized spacial score (nSPS) is 10.0. The van der Waals surface area contributed by atoms with Gasteiger partial charge in [-0.1, -0.05) is 23.2 Å². The maximum absolute atomic E-state index is 8.84. The lowest BCUT2D eigenvalue weighted by Gasteiger charge is -2.08. The van der Waals surface area contributed by atoms with E-state index in [9.17, 15) is 0 Å². The largest absolute Gasteiger partial charge is 0.437 e. The van der Waals surface area contributed by atoms with Crippen molar-refractivity contribution in [3.8, 4) is 17.7 Å². The zero-order valence-corrected chi connectivity index (χ0v) is 12.4. The van der Waals surface area contributed by atoms with Crippen LogP contribution in [0, 0.1) is 11.3 Å². The van der Waals surface area contributed by atoms with Gasteiger partial charge < -0.3 is 10.5 Å². The van der Waals surface area contributed by atoms with Crippen LogP contribution in [0.4, 0.5) is 5.69 Å². The predicted molar refractivity (Wildman–Crippen MR) is 77.6 cm³/mol. The lowest BCUT2D eigenvalue weighted by atomic mass is 10.3. The summed E-state index contributed by atoms with van der Waals surface area (Å²) in [5.74, 6) is 0.557. The van der Waals surface area contributed by atoms with E-state index < -0.39 is 0 Å². The second-order valence-electron chi connectivity index (χ2n) is 3.50. The summed E-state index contributed by atoms with van der Waals surface area (Å²) in [5.41, 5.74) is 5.95. The summed E-state index contributed by atoms with van der Waals surface area (Å²) < 4.78 is 6.15. The molecule has 96 valence electrons. The highest BCUT2D eigenvalue weighted by Gasteiger charge is 2.10. The third kappa shape index (κ3) is 3.10. The summed E-state index contributed by atoms with van der Waals surface area (Å²) in [7, 11) is 0. The molecule has 7 heteroatoms. The average molecular weight is 359 g/mol. The molecule has 0 aliphatic carbocycles. The van der Waals surface area contributed by atoms with Crippen LogP contribution < -0.4 is 10.5 Å². The first-order valence-corrected chi connectivity index (χ1v) is 6.55. The van der Waals surface area contributed by atoms with Crippen LogP contribution in [0.5, 0.6) is 11.6 Å². The molecule has 0 aliphatic rings. The Kier molecular flexibility index (Phi) is 4.15. The van der Waals surface area contributed by atoms with Crippen molar-refractivity contribution in [2.45, 2.75) is 0 Å². The average Bonchev–Trinajstić information content (AvgIpc) is 2.38. The number of hydrogen-bond acceptors (Lipinski definition) is 4. The highest BCUT2D eigenvalue weighted by atomic mass is 79.9. The van der Waals surface area contributed by atoms with Crippen molar-refractivity contribution in [2.24, 2.45) is 0 Å². The van der Waals surface area contributed by atoms with Gasteiger partial charge in [0.1, 0.15) is 11.8 Å². The first kappa shape index (κ1) is 13.9. The van der Waals surface area contributed by atoms with E-state index in [1.54, 1.807) is 18.2 Å². The Morgan fingerprint density at radius 3 is 2.68 bits per heavy atom. The van der Waals surface area contributed by atoms with Gasteiger partial charge in [0.2, 0.25) is 5.88 Å². The number of pyridine rings is 1. The van der Waals surface area contributed by atoms with Crippen LogP contribution in [0.25, 0.3) is 0 Å². The smallest absolute Gasteiger partial charge is 0.220 e. The van der Waals surface area contributed by atoms with Crippen molar-refractivity contribution in [2.75, 3.05) is 5.73 Å². The van der Waals surface area contributed by atoms with E-state index in [4.69, 9.17) is 38.9 Å². The molecule has 0 aliphatic heterocycles. The van der Waals surface area contributed by atoms with Gasteiger partial charge in [-0.2, -0.15) is 5.26 Å². The van der Waals surface area contributed by atoms with Gasteiger partial charge in [0, 0.05) is 16.6 Å². The summed E-state index contributed by atoms with van der Waals surface area (Å²) in [5, 5.41) is 9.67. The zero-order chi connectivity index (χ0) is 14.0. The minimum atomic E-state index is 0.0943. The fraction of sp³-hybridized carbons (Fsp3) is 0. The van der Waals surface area contributed by atoms with Crippen LogP contribution >= 0.6 is 39.1 Å². The number of nitrogens with zero attached hydrogens (tertiary/aromatic N) is 2. The number of aromatic nitrogens is 1. The van der Waals surface area contributed by atoms with Gasteiger partial charge in [0.25, 0.3) is 0 Å². The molecule has 2 rings (SSSR count). The third-order valence-electron chi connectivity index (χ3n) is 2.20. The number of anilines is 1. The highest BCUT2D eigenvalue weighted by molar-refractivity contribution is 9.10. The fourth-order valence-electron chi connectivity index (χ4n) is 1.29. The van der Waals surface area contributed by atoms with Crippen molar-refractivity contribution in [1.82, 2.24) is 4.98 Å². The molecule has 0 bridgehead atoms. The number of nitrogen functional groups attached to an aromatic ring is 1. The minimum absolute atomic E-state index is 0.0943. The molecule has 1 aromatic heterocycles. The van der Waals surface area contributed by atoms with Gasteiger partial charge in [0.15, 0.2) is 5.69 Å². The SMILES string of the molecule is N#Cc1nc(Oc2cc(Cl)c(Br)cc2Cl)ccc1N. The Morgan fingerprint density at radius 2 is 2.00 bits per heavy atom. The Morgan fingerprint density at radius 1 is 1.26 bits per heavy atom.